The van der Waals surface area contributed by atoms with E-state index < -0.39 is 0 Å². The monoisotopic (exact) mass is 425 g/mol. The SMILES string of the molecule is Cc1ccc(OCCNC(=O)Cn2cnc3sc4c(c3c2=O)CC[C@H](C)C4)c(C)c1. The average molecular weight is 426 g/mol. The van der Waals surface area contributed by atoms with Crippen molar-refractivity contribution in [1.82, 2.24) is 14.9 Å². The van der Waals surface area contributed by atoms with Gasteiger partial charge in [-0.05, 0) is 56.2 Å². The van der Waals surface area contributed by atoms with Crippen LogP contribution in [0.15, 0.2) is 29.3 Å². The van der Waals surface area contributed by atoms with Crippen molar-refractivity contribution in [3.8, 4) is 5.75 Å². The second-order valence-corrected chi connectivity index (χ2v) is 9.26. The molecule has 0 spiro atoms. The summed E-state index contributed by atoms with van der Waals surface area (Å²) in [5.74, 6) is 1.24. The van der Waals surface area contributed by atoms with Crippen LogP contribution in [0.3, 0.4) is 0 Å². The highest BCUT2D eigenvalue weighted by Gasteiger charge is 2.23. The molecule has 3 aromatic rings. The van der Waals surface area contributed by atoms with Crippen LogP contribution in [0.1, 0.15) is 34.9 Å². The molecule has 1 atom stereocenters. The molecule has 1 amide bonds. The van der Waals surface area contributed by atoms with E-state index >= 15 is 0 Å². The second-order valence-electron chi connectivity index (χ2n) is 8.18. The van der Waals surface area contributed by atoms with Gasteiger partial charge in [0, 0.05) is 4.88 Å². The summed E-state index contributed by atoms with van der Waals surface area (Å²) < 4.78 is 7.15. The standard InChI is InChI=1S/C23H27N3O3S/c1-14-5-7-18(16(3)10-14)29-9-8-24-20(27)12-26-13-25-22-21(23(26)28)17-6-4-15(2)11-19(17)30-22/h5,7,10,13,15H,4,6,8-9,11-12H2,1-3H3,(H,24,27)/t15-/m0/s1. The quantitative estimate of drug-likeness (QED) is 0.615. The minimum Gasteiger partial charge on any atom is -0.491 e. The van der Waals surface area contributed by atoms with Crippen LogP contribution in [0.5, 0.6) is 5.75 Å². The summed E-state index contributed by atoms with van der Waals surface area (Å²) in [7, 11) is 0. The number of benzene rings is 1. The fraction of sp³-hybridized carbons (Fsp3) is 0.435. The molecule has 7 heteroatoms. The van der Waals surface area contributed by atoms with E-state index in [1.54, 1.807) is 11.3 Å². The zero-order valence-electron chi connectivity index (χ0n) is 17.7. The van der Waals surface area contributed by atoms with E-state index in [0.29, 0.717) is 24.5 Å². The fourth-order valence-corrected chi connectivity index (χ4v) is 5.34. The molecule has 0 saturated carbocycles. The average Bonchev–Trinajstić information content (AvgIpc) is 3.07. The molecule has 1 N–H and O–H groups in total. The van der Waals surface area contributed by atoms with Gasteiger partial charge < -0.3 is 10.1 Å². The first-order valence-corrected chi connectivity index (χ1v) is 11.2. The van der Waals surface area contributed by atoms with E-state index in [9.17, 15) is 9.59 Å². The van der Waals surface area contributed by atoms with Crippen molar-refractivity contribution in [2.24, 2.45) is 5.92 Å². The lowest BCUT2D eigenvalue weighted by molar-refractivity contribution is -0.121. The smallest absolute Gasteiger partial charge is 0.262 e. The van der Waals surface area contributed by atoms with Gasteiger partial charge in [0.1, 0.15) is 23.7 Å². The van der Waals surface area contributed by atoms with Crippen molar-refractivity contribution < 1.29 is 9.53 Å². The number of aryl methyl sites for hydroxylation is 3. The number of thiophene rings is 1. The number of hydrogen-bond donors (Lipinski definition) is 1. The third kappa shape index (κ3) is 4.26. The predicted molar refractivity (Wildman–Crippen MR) is 119 cm³/mol. The Kier molecular flexibility index (Phi) is 5.90. The van der Waals surface area contributed by atoms with Crippen molar-refractivity contribution in [1.29, 1.82) is 0 Å². The maximum Gasteiger partial charge on any atom is 0.262 e. The summed E-state index contributed by atoms with van der Waals surface area (Å²) in [4.78, 5) is 31.8. The van der Waals surface area contributed by atoms with Gasteiger partial charge in [-0.2, -0.15) is 0 Å². The zero-order valence-corrected chi connectivity index (χ0v) is 18.5. The van der Waals surface area contributed by atoms with Gasteiger partial charge in [0.15, 0.2) is 0 Å². The van der Waals surface area contributed by atoms with Gasteiger partial charge in [0.2, 0.25) is 5.91 Å². The Morgan fingerprint density at radius 1 is 1.37 bits per heavy atom. The number of aromatic nitrogens is 2. The number of ether oxygens (including phenoxy) is 1. The Hall–Kier alpha value is -2.67. The lowest BCUT2D eigenvalue weighted by Crippen LogP contribution is -2.34. The van der Waals surface area contributed by atoms with E-state index in [1.807, 2.05) is 26.0 Å². The third-order valence-corrected chi connectivity index (χ3v) is 6.77. The summed E-state index contributed by atoms with van der Waals surface area (Å²) in [5.41, 5.74) is 3.28. The summed E-state index contributed by atoms with van der Waals surface area (Å²) >= 11 is 1.62. The number of rotatable bonds is 6. The van der Waals surface area contributed by atoms with Crippen LogP contribution < -0.4 is 15.6 Å². The molecule has 0 bridgehead atoms. The Bertz CT molecular complexity index is 1150. The molecule has 1 aromatic carbocycles. The van der Waals surface area contributed by atoms with Gasteiger partial charge in [-0.3, -0.25) is 14.2 Å². The van der Waals surface area contributed by atoms with E-state index in [1.165, 1.54) is 21.3 Å². The van der Waals surface area contributed by atoms with Crippen molar-refractivity contribution in [2.75, 3.05) is 13.2 Å². The molecule has 158 valence electrons. The van der Waals surface area contributed by atoms with Gasteiger partial charge >= 0.3 is 0 Å². The van der Waals surface area contributed by atoms with Crippen LogP contribution in [0.4, 0.5) is 0 Å². The highest BCUT2D eigenvalue weighted by Crippen LogP contribution is 2.35. The molecule has 0 fully saturated rings. The van der Waals surface area contributed by atoms with E-state index in [2.05, 4.69) is 23.3 Å². The highest BCUT2D eigenvalue weighted by molar-refractivity contribution is 7.18. The Balaban J connectivity index is 1.37. The molecule has 30 heavy (non-hydrogen) atoms. The summed E-state index contributed by atoms with van der Waals surface area (Å²) in [6.07, 6.45) is 4.51. The van der Waals surface area contributed by atoms with Crippen LogP contribution in [-0.2, 0) is 24.2 Å². The van der Waals surface area contributed by atoms with Gasteiger partial charge in [-0.1, -0.05) is 24.6 Å². The zero-order chi connectivity index (χ0) is 21.3. The molecule has 2 aromatic heterocycles. The molecule has 0 aliphatic heterocycles. The van der Waals surface area contributed by atoms with Gasteiger partial charge in [-0.15, -0.1) is 11.3 Å². The van der Waals surface area contributed by atoms with Crippen LogP contribution in [-0.4, -0.2) is 28.6 Å². The normalized spacial score (nSPS) is 15.8. The summed E-state index contributed by atoms with van der Waals surface area (Å²) in [6, 6.07) is 6.00. The number of nitrogens with one attached hydrogen (secondary N) is 1. The number of amides is 1. The molecule has 0 radical (unpaired) electrons. The topological polar surface area (TPSA) is 73.2 Å². The third-order valence-electron chi connectivity index (χ3n) is 5.61. The van der Waals surface area contributed by atoms with Gasteiger partial charge in [-0.25, -0.2) is 4.98 Å². The van der Waals surface area contributed by atoms with Gasteiger partial charge in [0.25, 0.3) is 5.56 Å². The lowest BCUT2D eigenvalue weighted by Gasteiger charge is -2.17. The van der Waals surface area contributed by atoms with Crippen LogP contribution >= 0.6 is 11.3 Å². The molecule has 6 nitrogen and oxygen atoms in total. The first kappa shape index (κ1) is 20.6. The largest absolute Gasteiger partial charge is 0.491 e. The fourth-order valence-electron chi connectivity index (χ4n) is 4.00. The molecular weight excluding hydrogens is 398 g/mol. The minimum atomic E-state index is -0.222. The van der Waals surface area contributed by atoms with Crippen LogP contribution in [0.25, 0.3) is 10.2 Å². The van der Waals surface area contributed by atoms with Crippen LogP contribution in [0.2, 0.25) is 0 Å². The first-order chi connectivity index (χ1) is 14.4. The number of carbonyl (C=O) groups is 1. The Labute approximate surface area is 179 Å². The van der Waals surface area contributed by atoms with Gasteiger partial charge in [0.05, 0.1) is 18.3 Å². The van der Waals surface area contributed by atoms with E-state index in [4.69, 9.17) is 4.74 Å². The number of nitrogens with zero attached hydrogens (tertiary/aromatic N) is 2. The van der Waals surface area contributed by atoms with E-state index in [-0.39, 0.29) is 18.0 Å². The molecule has 1 aliphatic carbocycles. The molecule has 2 heterocycles. The Morgan fingerprint density at radius 2 is 2.20 bits per heavy atom. The predicted octanol–water partition coefficient (Wildman–Crippen LogP) is 3.39. The maximum absolute atomic E-state index is 13.0. The second kappa shape index (κ2) is 8.60. The van der Waals surface area contributed by atoms with Crippen molar-refractivity contribution in [2.45, 2.75) is 46.6 Å². The first-order valence-electron chi connectivity index (χ1n) is 10.4. The van der Waals surface area contributed by atoms with Crippen LogP contribution in [0, 0.1) is 19.8 Å². The maximum atomic E-state index is 13.0. The molecule has 0 saturated heterocycles. The van der Waals surface area contributed by atoms with Crippen molar-refractivity contribution in [3.05, 3.63) is 56.4 Å². The number of fused-ring (bicyclic) bond motifs is 3. The minimum absolute atomic E-state index is 0.0354. The molecule has 1 aliphatic rings. The summed E-state index contributed by atoms with van der Waals surface area (Å²) in [6.45, 7) is 7.00. The van der Waals surface area contributed by atoms with E-state index in [0.717, 1.165) is 41.0 Å². The lowest BCUT2D eigenvalue weighted by atomic mass is 9.89. The molecular formula is C23H27N3O3S. The Morgan fingerprint density at radius 3 is 3.00 bits per heavy atom. The number of carbonyl (C=O) groups excluding carboxylic acids is 1. The molecule has 4 rings (SSSR count). The van der Waals surface area contributed by atoms with Crippen molar-refractivity contribution >= 4 is 27.5 Å². The summed E-state index contributed by atoms with van der Waals surface area (Å²) in [5, 5.41) is 3.52. The highest BCUT2D eigenvalue weighted by atomic mass is 32.1. The number of hydrogen-bond acceptors (Lipinski definition) is 5. The van der Waals surface area contributed by atoms with Crippen molar-refractivity contribution in [3.63, 3.8) is 0 Å². The molecule has 0 unspecified atom stereocenters.